The highest BCUT2D eigenvalue weighted by molar-refractivity contribution is 5.75. The average molecular weight is 246 g/mol. The van der Waals surface area contributed by atoms with Gasteiger partial charge in [0.1, 0.15) is 0 Å². The van der Waals surface area contributed by atoms with Gasteiger partial charge in [0, 0.05) is 0 Å². The fourth-order valence-corrected chi connectivity index (χ4v) is 2.94. The van der Waals surface area contributed by atoms with Crippen molar-refractivity contribution in [2.24, 2.45) is 0 Å². The van der Waals surface area contributed by atoms with E-state index in [-0.39, 0.29) is 0 Å². The number of aliphatic carboxylic acids is 1. The molecule has 18 heavy (non-hydrogen) atoms. The van der Waals surface area contributed by atoms with Gasteiger partial charge in [0.25, 0.3) is 0 Å². The van der Waals surface area contributed by atoms with Gasteiger partial charge in [-0.1, -0.05) is 50.5 Å². The third-order valence-electron chi connectivity index (χ3n) is 4.44. The van der Waals surface area contributed by atoms with E-state index in [1.165, 1.54) is 37.7 Å². The fraction of sp³-hybridized carbons (Fsp3) is 0.562. The van der Waals surface area contributed by atoms with Crippen LogP contribution in [0.4, 0.5) is 0 Å². The molecule has 1 aromatic carbocycles. The van der Waals surface area contributed by atoms with Crippen molar-refractivity contribution < 1.29 is 9.90 Å². The predicted molar refractivity (Wildman–Crippen MR) is 72.9 cm³/mol. The molecule has 2 rings (SSSR count). The number of benzene rings is 1. The van der Waals surface area contributed by atoms with Crippen molar-refractivity contribution in [1.82, 2.24) is 0 Å². The van der Waals surface area contributed by atoms with E-state index in [2.05, 4.69) is 19.1 Å². The summed E-state index contributed by atoms with van der Waals surface area (Å²) in [5.74, 6) is -1.18. The van der Waals surface area contributed by atoms with Gasteiger partial charge < -0.3 is 5.11 Å². The summed E-state index contributed by atoms with van der Waals surface area (Å²) in [5.41, 5.74) is 2.55. The van der Waals surface area contributed by atoms with E-state index in [0.717, 1.165) is 5.56 Å². The standard InChI is InChI=1S/C16H22O2/c1-12(15(17)18)13-6-8-14(9-7-13)16(2)10-4-3-5-11-16/h6-9,12H,3-5,10-11H2,1-2H3,(H,17,18). The molecule has 1 aliphatic carbocycles. The molecule has 1 N–H and O–H groups in total. The number of carboxylic acid groups (broad SMARTS) is 1. The second-order valence-electron chi connectivity index (χ2n) is 5.80. The Morgan fingerprint density at radius 2 is 1.72 bits per heavy atom. The minimum absolute atomic E-state index is 0.295. The van der Waals surface area contributed by atoms with Crippen molar-refractivity contribution in [3.63, 3.8) is 0 Å². The molecule has 0 aliphatic heterocycles. The SMILES string of the molecule is CC(C(=O)O)c1ccc(C2(C)CCCCC2)cc1. The van der Waals surface area contributed by atoms with Gasteiger partial charge >= 0.3 is 5.97 Å². The summed E-state index contributed by atoms with van der Waals surface area (Å²) in [7, 11) is 0. The Kier molecular flexibility index (Phi) is 3.74. The molecule has 0 bridgehead atoms. The van der Waals surface area contributed by atoms with Crippen molar-refractivity contribution in [3.8, 4) is 0 Å². The molecule has 1 saturated carbocycles. The van der Waals surface area contributed by atoms with Crippen LogP contribution in [0, 0.1) is 0 Å². The summed E-state index contributed by atoms with van der Waals surface area (Å²) in [4.78, 5) is 10.9. The molecule has 1 unspecified atom stereocenters. The molecule has 2 heteroatoms. The highest BCUT2D eigenvalue weighted by atomic mass is 16.4. The van der Waals surface area contributed by atoms with Gasteiger partial charge in [-0.25, -0.2) is 0 Å². The largest absolute Gasteiger partial charge is 0.481 e. The molecule has 1 aromatic rings. The van der Waals surface area contributed by atoms with Crippen molar-refractivity contribution in [2.45, 2.75) is 57.3 Å². The lowest BCUT2D eigenvalue weighted by Gasteiger charge is -2.34. The lowest BCUT2D eigenvalue weighted by atomic mass is 9.71. The Balaban J connectivity index is 2.19. The Morgan fingerprint density at radius 1 is 1.17 bits per heavy atom. The first-order chi connectivity index (χ1) is 8.53. The van der Waals surface area contributed by atoms with Crippen LogP contribution < -0.4 is 0 Å². The maximum absolute atomic E-state index is 10.9. The lowest BCUT2D eigenvalue weighted by molar-refractivity contribution is -0.138. The van der Waals surface area contributed by atoms with Crippen LogP contribution in [-0.2, 0) is 10.2 Å². The zero-order valence-corrected chi connectivity index (χ0v) is 11.3. The van der Waals surface area contributed by atoms with E-state index in [9.17, 15) is 4.79 Å². The minimum atomic E-state index is -0.758. The van der Waals surface area contributed by atoms with Crippen LogP contribution in [0.5, 0.6) is 0 Å². The van der Waals surface area contributed by atoms with Gasteiger partial charge in [-0.05, 0) is 36.3 Å². The van der Waals surface area contributed by atoms with Crippen LogP contribution in [0.2, 0.25) is 0 Å². The fourth-order valence-electron chi connectivity index (χ4n) is 2.94. The smallest absolute Gasteiger partial charge is 0.310 e. The molecule has 0 heterocycles. The average Bonchev–Trinajstić information content (AvgIpc) is 2.39. The van der Waals surface area contributed by atoms with E-state index >= 15 is 0 Å². The molecule has 0 saturated heterocycles. The molecular weight excluding hydrogens is 224 g/mol. The third kappa shape index (κ3) is 2.58. The Bertz CT molecular complexity index is 413. The summed E-state index contributed by atoms with van der Waals surface area (Å²) in [6, 6.07) is 8.21. The van der Waals surface area contributed by atoms with Crippen molar-refractivity contribution in [2.75, 3.05) is 0 Å². The van der Waals surface area contributed by atoms with E-state index < -0.39 is 11.9 Å². The van der Waals surface area contributed by atoms with E-state index in [0.29, 0.717) is 5.41 Å². The van der Waals surface area contributed by atoms with Gasteiger partial charge in [0.2, 0.25) is 0 Å². The molecule has 0 radical (unpaired) electrons. The molecule has 0 aromatic heterocycles. The van der Waals surface area contributed by atoms with Gasteiger partial charge in [-0.3, -0.25) is 4.79 Å². The first-order valence-electron chi connectivity index (χ1n) is 6.86. The Labute approximate surface area is 109 Å². The van der Waals surface area contributed by atoms with Gasteiger partial charge in [-0.2, -0.15) is 0 Å². The zero-order chi connectivity index (χ0) is 13.2. The van der Waals surface area contributed by atoms with Crippen molar-refractivity contribution in [1.29, 1.82) is 0 Å². The van der Waals surface area contributed by atoms with Crippen LogP contribution in [0.25, 0.3) is 0 Å². The second kappa shape index (κ2) is 5.13. The highest BCUT2D eigenvalue weighted by Crippen LogP contribution is 2.39. The van der Waals surface area contributed by atoms with Crippen LogP contribution in [0.15, 0.2) is 24.3 Å². The summed E-state index contributed by atoms with van der Waals surface area (Å²) in [5, 5.41) is 9.00. The van der Waals surface area contributed by atoms with Crippen LogP contribution in [0.1, 0.15) is 63.0 Å². The molecule has 0 amide bonds. The molecular formula is C16H22O2. The van der Waals surface area contributed by atoms with Crippen molar-refractivity contribution >= 4 is 5.97 Å². The lowest BCUT2D eigenvalue weighted by Crippen LogP contribution is -2.25. The van der Waals surface area contributed by atoms with Gasteiger partial charge in [-0.15, -0.1) is 0 Å². The number of rotatable bonds is 3. The maximum atomic E-state index is 10.9. The van der Waals surface area contributed by atoms with Gasteiger partial charge in [0.05, 0.1) is 5.92 Å². The summed E-state index contributed by atoms with van der Waals surface area (Å²) in [6.45, 7) is 4.07. The van der Waals surface area contributed by atoms with E-state index in [1.54, 1.807) is 6.92 Å². The number of hydrogen-bond acceptors (Lipinski definition) is 1. The Hall–Kier alpha value is -1.31. The Morgan fingerprint density at radius 3 is 2.22 bits per heavy atom. The van der Waals surface area contributed by atoms with Crippen LogP contribution in [-0.4, -0.2) is 11.1 Å². The zero-order valence-electron chi connectivity index (χ0n) is 11.3. The molecule has 0 spiro atoms. The predicted octanol–water partition coefficient (Wildman–Crippen LogP) is 4.10. The monoisotopic (exact) mass is 246 g/mol. The number of carbonyl (C=O) groups is 1. The second-order valence-corrected chi connectivity index (χ2v) is 5.80. The normalized spacial score (nSPS) is 20.3. The van der Waals surface area contributed by atoms with Crippen LogP contribution >= 0.6 is 0 Å². The van der Waals surface area contributed by atoms with Gasteiger partial charge in [0.15, 0.2) is 0 Å². The quantitative estimate of drug-likeness (QED) is 0.872. The molecule has 1 aliphatic rings. The van der Waals surface area contributed by atoms with E-state index in [4.69, 9.17) is 5.11 Å². The number of hydrogen-bond donors (Lipinski definition) is 1. The van der Waals surface area contributed by atoms with Crippen LogP contribution in [0.3, 0.4) is 0 Å². The molecule has 1 atom stereocenters. The maximum Gasteiger partial charge on any atom is 0.310 e. The van der Waals surface area contributed by atoms with Crippen molar-refractivity contribution in [3.05, 3.63) is 35.4 Å². The summed E-state index contributed by atoms with van der Waals surface area (Å²) < 4.78 is 0. The first kappa shape index (κ1) is 13.1. The molecule has 1 fully saturated rings. The molecule has 2 nitrogen and oxygen atoms in total. The summed E-state index contributed by atoms with van der Waals surface area (Å²) in [6.07, 6.45) is 6.47. The van der Waals surface area contributed by atoms with E-state index in [1.807, 2.05) is 12.1 Å². The third-order valence-corrected chi connectivity index (χ3v) is 4.44. The first-order valence-corrected chi connectivity index (χ1v) is 6.86. The topological polar surface area (TPSA) is 37.3 Å². The molecule has 98 valence electrons. The number of carboxylic acids is 1. The minimum Gasteiger partial charge on any atom is -0.481 e. The summed E-state index contributed by atoms with van der Waals surface area (Å²) >= 11 is 0. The highest BCUT2D eigenvalue weighted by Gasteiger charge is 2.28.